The summed E-state index contributed by atoms with van der Waals surface area (Å²) < 4.78 is 34.3. The highest BCUT2D eigenvalue weighted by molar-refractivity contribution is 7.92. The third-order valence-electron chi connectivity index (χ3n) is 2.73. The van der Waals surface area contributed by atoms with Gasteiger partial charge in [-0.3, -0.25) is 0 Å². The molecule has 0 aliphatic heterocycles. The van der Waals surface area contributed by atoms with Crippen molar-refractivity contribution in [3.63, 3.8) is 0 Å². The van der Waals surface area contributed by atoms with Gasteiger partial charge in [0, 0.05) is 0 Å². The van der Waals surface area contributed by atoms with Gasteiger partial charge in [-0.1, -0.05) is 12.1 Å². The third-order valence-corrected chi connectivity index (χ3v) is 3.82. The van der Waals surface area contributed by atoms with E-state index in [9.17, 15) is 13.2 Å². The van der Waals surface area contributed by atoms with Crippen molar-refractivity contribution in [3.8, 4) is 0 Å². The summed E-state index contributed by atoms with van der Waals surface area (Å²) in [5.74, 6) is -0.450. The Labute approximate surface area is 122 Å². The number of sulfonamides is 1. The maximum atomic E-state index is 11.8. The number of nitrogens with zero attached hydrogens (tertiary/aromatic N) is 2. The molecule has 0 fully saturated rings. The fourth-order valence-corrected chi connectivity index (χ4v) is 2.45. The molecular weight excluding hydrogens is 296 g/mol. The first kappa shape index (κ1) is 15.0. The molecule has 0 spiro atoms. The molecule has 21 heavy (non-hydrogen) atoms. The minimum atomic E-state index is -3.53. The summed E-state index contributed by atoms with van der Waals surface area (Å²) in [6.45, 7) is 0.0563. The van der Waals surface area contributed by atoms with Gasteiger partial charge in [0.05, 0.1) is 31.7 Å². The van der Waals surface area contributed by atoms with E-state index >= 15 is 0 Å². The van der Waals surface area contributed by atoms with Gasteiger partial charge in [0.25, 0.3) is 0 Å². The molecule has 0 saturated carbocycles. The number of rotatable bonds is 5. The van der Waals surface area contributed by atoms with Gasteiger partial charge < -0.3 is 9.15 Å². The van der Waals surface area contributed by atoms with E-state index in [1.165, 1.54) is 19.6 Å². The van der Waals surface area contributed by atoms with Crippen molar-refractivity contribution in [2.45, 2.75) is 6.54 Å². The van der Waals surface area contributed by atoms with Crippen molar-refractivity contribution in [1.82, 2.24) is 4.98 Å². The standard InChI is InChI=1S/C13H14N2O5S/c1-19-12(16)11-5-3-10(4-6-11)9-15(21(2,17)18)13-14-7-8-20-13/h3-8H,9H2,1-2H3. The van der Waals surface area contributed by atoms with E-state index in [-0.39, 0.29) is 12.6 Å². The van der Waals surface area contributed by atoms with Gasteiger partial charge in [-0.2, -0.15) is 0 Å². The van der Waals surface area contributed by atoms with Crippen LogP contribution in [0.25, 0.3) is 0 Å². The van der Waals surface area contributed by atoms with Gasteiger partial charge in [-0.15, -0.1) is 0 Å². The third kappa shape index (κ3) is 3.60. The molecule has 0 atom stereocenters. The van der Waals surface area contributed by atoms with Gasteiger partial charge in [0.15, 0.2) is 0 Å². The first-order valence-electron chi connectivity index (χ1n) is 5.96. The van der Waals surface area contributed by atoms with Crippen LogP contribution in [0, 0.1) is 0 Å². The highest BCUT2D eigenvalue weighted by Crippen LogP contribution is 2.18. The molecule has 7 nitrogen and oxygen atoms in total. The molecular formula is C13H14N2O5S. The second-order valence-electron chi connectivity index (χ2n) is 4.27. The first-order valence-corrected chi connectivity index (χ1v) is 7.81. The molecule has 0 N–H and O–H groups in total. The molecule has 0 amide bonds. The van der Waals surface area contributed by atoms with E-state index in [0.717, 1.165) is 10.6 Å². The summed E-state index contributed by atoms with van der Waals surface area (Å²) in [6.07, 6.45) is 3.74. The lowest BCUT2D eigenvalue weighted by atomic mass is 10.1. The molecule has 1 heterocycles. The lowest BCUT2D eigenvalue weighted by Gasteiger charge is -2.18. The second kappa shape index (κ2) is 5.96. The van der Waals surface area contributed by atoms with Crippen LogP contribution in [0.3, 0.4) is 0 Å². The minimum absolute atomic E-state index is 0.00505. The Bertz CT molecular complexity index is 708. The maximum absolute atomic E-state index is 11.8. The number of hydrogen-bond acceptors (Lipinski definition) is 6. The monoisotopic (exact) mass is 310 g/mol. The zero-order chi connectivity index (χ0) is 15.5. The zero-order valence-electron chi connectivity index (χ0n) is 11.5. The van der Waals surface area contributed by atoms with Crippen LogP contribution in [0.4, 0.5) is 6.01 Å². The number of aromatic nitrogens is 1. The van der Waals surface area contributed by atoms with Gasteiger partial charge in [0.2, 0.25) is 10.0 Å². The lowest BCUT2D eigenvalue weighted by Crippen LogP contribution is -2.29. The van der Waals surface area contributed by atoms with E-state index in [1.807, 2.05) is 0 Å². The highest BCUT2D eigenvalue weighted by Gasteiger charge is 2.21. The second-order valence-corrected chi connectivity index (χ2v) is 6.18. The number of hydrogen-bond donors (Lipinski definition) is 0. The van der Waals surface area contributed by atoms with Crippen LogP contribution in [0.5, 0.6) is 0 Å². The van der Waals surface area contributed by atoms with Crippen molar-refractivity contribution in [2.75, 3.05) is 17.7 Å². The summed E-state index contributed by atoms with van der Waals surface area (Å²) >= 11 is 0. The van der Waals surface area contributed by atoms with Gasteiger partial charge in [0.1, 0.15) is 6.26 Å². The van der Waals surface area contributed by atoms with Crippen molar-refractivity contribution in [2.24, 2.45) is 0 Å². The molecule has 1 aromatic heterocycles. The van der Waals surface area contributed by atoms with Crippen LogP contribution in [-0.2, 0) is 21.3 Å². The summed E-state index contributed by atoms with van der Waals surface area (Å²) in [6, 6.07) is 6.42. The molecule has 8 heteroatoms. The first-order chi connectivity index (χ1) is 9.91. The van der Waals surface area contributed by atoms with E-state index in [2.05, 4.69) is 9.72 Å². The van der Waals surface area contributed by atoms with Crippen molar-refractivity contribution in [1.29, 1.82) is 0 Å². The van der Waals surface area contributed by atoms with Crippen LogP contribution in [0.2, 0.25) is 0 Å². The molecule has 1 aromatic carbocycles. The highest BCUT2D eigenvalue weighted by atomic mass is 32.2. The molecule has 2 aromatic rings. The number of anilines is 1. The quantitative estimate of drug-likeness (QED) is 0.776. The van der Waals surface area contributed by atoms with Crippen LogP contribution < -0.4 is 4.31 Å². The topological polar surface area (TPSA) is 89.7 Å². The number of carbonyl (C=O) groups excluding carboxylic acids is 1. The summed E-state index contributed by atoms with van der Waals surface area (Å²) in [4.78, 5) is 15.2. The average molecular weight is 310 g/mol. The smallest absolute Gasteiger partial charge is 0.337 e. The van der Waals surface area contributed by atoms with Crippen molar-refractivity contribution < 1.29 is 22.4 Å². The van der Waals surface area contributed by atoms with Gasteiger partial charge in [-0.05, 0) is 17.7 Å². The molecule has 0 radical (unpaired) electrons. The molecule has 2 rings (SSSR count). The van der Waals surface area contributed by atoms with Crippen LogP contribution in [-0.4, -0.2) is 32.7 Å². The van der Waals surface area contributed by atoms with E-state index in [1.54, 1.807) is 24.3 Å². The Morgan fingerprint density at radius 1 is 1.33 bits per heavy atom. The number of oxazole rings is 1. The fourth-order valence-electron chi connectivity index (χ4n) is 1.70. The predicted molar refractivity (Wildman–Crippen MR) is 75.3 cm³/mol. The summed E-state index contributed by atoms with van der Waals surface area (Å²) in [5, 5.41) is 0. The van der Waals surface area contributed by atoms with Crippen LogP contribution in [0.15, 0.2) is 41.1 Å². The summed E-state index contributed by atoms with van der Waals surface area (Å²) in [5.41, 5.74) is 1.08. The Morgan fingerprint density at radius 2 is 2.00 bits per heavy atom. The lowest BCUT2D eigenvalue weighted by molar-refractivity contribution is 0.0600. The van der Waals surface area contributed by atoms with Gasteiger partial charge >= 0.3 is 12.0 Å². The Morgan fingerprint density at radius 3 is 2.48 bits per heavy atom. The number of benzene rings is 1. The average Bonchev–Trinajstić information content (AvgIpc) is 2.97. The number of esters is 1. The molecule has 0 aliphatic rings. The normalized spacial score (nSPS) is 11.1. The Kier molecular flexibility index (Phi) is 4.27. The van der Waals surface area contributed by atoms with E-state index in [0.29, 0.717) is 11.1 Å². The molecule has 0 saturated heterocycles. The van der Waals surface area contributed by atoms with E-state index < -0.39 is 16.0 Å². The maximum Gasteiger partial charge on any atom is 0.337 e. The molecule has 112 valence electrons. The number of ether oxygens (including phenoxy) is 1. The molecule has 0 bridgehead atoms. The van der Waals surface area contributed by atoms with Crippen LogP contribution in [0.1, 0.15) is 15.9 Å². The number of methoxy groups -OCH3 is 1. The SMILES string of the molecule is COC(=O)c1ccc(CN(c2ncco2)S(C)(=O)=O)cc1. The van der Waals surface area contributed by atoms with Crippen LogP contribution >= 0.6 is 0 Å². The van der Waals surface area contributed by atoms with E-state index in [4.69, 9.17) is 4.42 Å². The molecule has 0 aliphatic carbocycles. The number of carbonyl (C=O) groups is 1. The van der Waals surface area contributed by atoms with Gasteiger partial charge in [-0.25, -0.2) is 22.5 Å². The Balaban J connectivity index is 2.24. The van der Waals surface area contributed by atoms with Crippen molar-refractivity contribution >= 4 is 22.0 Å². The Hall–Kier alpha value is -2.35. The fraction of sp³-hybridized carbons (Fsp3) is 0.231. The zero-order valence-corrected chi connectivity index (χ0v) is 12.3. The summed E-state index contributed by atoms with van der Waals surface area (Å²) in [7, 11) is -2.24. The molecule has 0 unspecified atom stereocenters. The van der Waals surface area contributed by atoms with Crippen molar-refractivity contribution in [3.05, 3.63) is 47.9 Å². The predicted octanol–water partition coefficient (Wildman–Crippen LogP) is 1.43. The largest absolute Gasteiger partial charge is 0.465 e. The minimum Gasteiger partial charge on any atom is -0.465 e.